The molecule has 18 heavy (non-hydrogen) atoms. The molecule has 1 aliphatic heterocycles. The number of rotatable bonds is 3. The zero-order chi connectivity index (χ0) is 13.1. The van der Waals surface area contributed by atoms with Crippen LogP contribution in [0.15, 0.2) is 6.33 Å². The van der Waals surface area contributed by atoms with Gasteiger partial charge in [0.15, 0.2) is 5.82 Å². The van der Waals surface area contributed by atoms with Gasteiger partial charge in [-0.05, 0) is 19.8 Å². The molecule has 0 aromatic carbocycles. The smallest absolute Gasteiger partial charge is 0.328 e. The predicted molar refractivity (Wildman–Crippen MR) is 68.5 cm³/mol. The molecular formula is C11H15ClN4O2. The first-order valence-corrected chi connectivity index (χ1v) is 6.22. The number of aromatic nitrogens is 2. The lowest BCUT2D eigenvalue weighted by Gasteiger charge is -2.24. The molecule has 2 rings (SSSR count). The molecule has 0 saturated carbocycles. The van der Waals surface area contributed by atoms with Crippen LogP contribution < -0.4 is 10.6 Å². The largest absolute Gasteiger partial charge is 0.464 e. The minimum absolute atomic E-state index is 0.219. The van der Waals surface area contributed by atoms with Crippen LogP contribution >= 0.6 is 11.6 Å². The minimum atomic E-state index is -0.336. The summed E-state index contributed by atoms with van der Waals surface area (Å²) >= 11 is 6.08. The number of hydrogen-bond donors (Lipinski definition) is 1. The van der Waals surface area contributed by atoms with E-state index in [1.54, 1.807) is 6.92 Å². The van der Waals surface area contributed by atoms with E-state index in [4.69, 9.17) is 22.1 Å². The lowest BCUT2D eigenvalue weighted by molar-refractivity contribution is -0.144. The molecule has 0 radical (unpaired) electrons. The highest BCUT2D eigenvalue weighted by Gasteiger charge is 2.34. The van der Waals surface area contributed by atoms with Crippen molar-refractivity contribution in [1.29, 1.82) is 0 Å². The van der Waals surface area contributed by atoms with Crippen molar-refractivity contribution in [2.45, 2.75) is 25.8 Å². The predicted octanol–water partition coefficient (Wildman–Crippen LogP) is 1.24. The van der Waals surface area contributed by atoms with Crippen LogP contribution in [-0.4, -0.2) is 35.1 Å². The number of nitrogens with two attached hydrogens (primary N) is 1. The van der Waals surface area contributed by atoms with Gasteiger partial charge in [0, 0.05) is 6.54 Å². The average Bonchev–Trinajstić information content (AvgIpc) is 2.82. The SMILES string of the molecule is CCOC(=O)C1CCCN1c1ncnc(N)c1Cl. The second kappa shape index (κ2) is 5.39. The first kappa shape index (κ1) is 12.9. The van der Waals surface area contributed by atoms with Crippen molar-refractivity contribution in [2.24, 2.45) is 0 Å². The highest BCUT2D eigenvalue weighted by Crippen LogP contribution is 2.32. The lowest BCUT2D eigenvalue weighted by atomic mass is 10.2. The van der Waals surface area contributed by atoms with Gasteiger partial charge in [0.1, 0.15) is 23.2 Å². The highest BCUT2D eigenvalue weighted by atomic mass is 35.5. The normalized spacial score (nSPS) is 19.0. The van der Waals surface area contributed by atoms with Crippen LogP contribution in [0.4, 0.5) is 11.6 Å². The zero-order valence-electron chi connectivity index (χ0n) is 10.1. The molecular weight excluding hydrogens is 256 g/mol. The molecule has 98 valence electrons. The molecule has 2 N–H and O–H groups in total. The summed E-state index contributed by atoms with van der Waals surface area (Å²) in [6.07, 6.45) is 2.97. The van der Waals surface area contributed by atoms with Crippen molar-refractivity contribution in [2.75, 3.05) is 23.8 Å². The summed E-state index contributed by atoms with van der Waals surface area (Å²) in [4.78, 5) is 21.6. The molecule has 7 heteroatoms. The number of carbonyl (C=O) groups is 1. The molecule has 1 aromatic heterocycles. The fourth-order valence-electron chi connectivity index (χ4n) is 2.08. The molecule has 1 aromatic rings. The van der Waals surface area contributed by atoms with E-state index in [-0.39, 0.29) is 22.9 Å². The molecule has 0 bridgehead atoms. The van der Waals surface area contributed by atoms with Gasteiger partial charge >= 0.3 is 5.97 Å². The lowest BCUT2D eigenvalue weighted by Crippen LogP contribution is -2.38. The Morgan fingerprint density at radius 3 is 3.17 bits per heavy atom. The first-order valence-electron chi connectivity index (χ1n) is 5.84. The molecule has 0 spiro atoms. The van der Waals surface area contributed by atoms with Gasteiger partial charge in [0.2, 0.25) is 0 Å². The first-order chi connectivity index (χ1) is 8.65. The third-order valence-corrected chi connectivity index (χ3v) is 3.24. The van der Waals surface area contributed by atoms with Gasteiger partial charge in [-0.3, -0.25) is 0 Å². The molecule has 2 heterocycles. The average molecular weight is 271 g/mol. The Morgan fingerprint density at radius 2 is 2.44 bits per heavy atom. The Hall–Kier alpha value is -1.56. The molecule has 1 saturated heterocycles. The second-order valence-corrected chi connectivity index (χ2v) is 4.38. The van der Waals surface area contributed by atoms with Crippen molar-refractivity contribution in [3.8, 4) is 0 Å². The van der Waals surface area contributed by atoms with Gasteiger partial charge in [-0.25, -0.2) is 14.8 Å². The van der Waals surface area contributed by atoms with Gasteiger partial charge in [-0.15, -0.1) is 0 Å². The van der Waals surface area contributed by atoms with Crippen molar-refractivity contribution in [1.82, 2.24) is 9.97 Å². The number of nitrogens with zero attached hydrogens (tertiary/aromatic N) is 3. The van der Waals surface area contributed by atoms with E-state index in [0.717, 1.165) is 12.8 Å². The van der Waals surface area contributed by atoms with Crippen LogP contribution in [0.25, 0.3) is 0 Å². The monoisotopic (exact) mass is 270 g/mol. The zero-order valence-corrected chi connectivity index (χ0v) is 10.9. The molecule has 1 atom stereocenters. The van der Waals surface area contributed by atoms with E-state index >= 15 is 0 Å². The fraction of sp³-hybridized carbons (Fsp3) is 0.545. The molecule has 1 unspecified atom stereocenters. The minimum Gasteiger partial charge on any atom is -0.464 e. The Bertz CT molecular complexity index is 455. The van der Waals surface area contributed by atoms with E-state index in [2.05, 4.69) is 9.97 Å². The quantitative estimate of drug-likeness (QED) is 0.833. The number of ether oxygens (including phenoxy) is 1. The van der Waals surface area contributed by atoms with Crippen molar-refractivity contribution in [3.63, 3.8) is 0 Å². The Balaban J connectivity index is 2.26. The van der Waals surface area contributed by atoms with Gasteiger partial charge in [-0.2, -0.15) is 0 Å². The number of nitrogen functional groups attached to an aromatic ring is 1. The van der Waals surface area contributed by atoms with Crippen LogP contribution in [0.3, 0.4) is 0 Å². The number of hydrogen-bond acceptors (Lipinski definition) is 6. The van der Waals surface area contributed by atoms with Crippen LogP contribution in [0.1, 0.15) is 19.8 Å². The third-order valence-electron chi connectivity index (χ3n) is 2.88. The van der Waals surface area contributed by atoms with E-state index in [9.17, 15) is 4.79 Å². The summed E-state index contributed by atoms with van der Waals surface area (Å²) in [7, 11) is 0. The van der Waals surface area contributed by atoms with Crippen LogP contribution in [0.5, 0.6) is 0 Å². The number of esters is 1. The van der Waals surface area contributed by atoms with Gasteiger partial charge in [0.05, 0.1) is 6.61 Å². The van der Waals surface area contributed by atoms with Crippen LogP contribution in [-0.2, 0) is 9.53 Å². The molecule has 0 aliphatic carbocycles. The number of carbonyl (C=O) groups excluding carboxylic acids is 1. The maximum atomic E-state index is 11.8. The van der Waals surface area contributed by atoms with Gasteiger partial charge in [-0.1, -0.05) is 11.6 Å². The molecule has 1 fully saturated rings. The Labute approximate surface area is 110 Å². The van der Waals surface area contributed by atoms with Crippen LogP contribution in [0, 0.1) is 0 Å². The maximum Gasteiger partial charge on any atom is 0.328 e. The Morgan fingerprint density at radius 1 is 1.67 bits per heavy atom. The molecule has 1 aliphatic rings. The van der Waals surface area contributed by atoms with Crippen LogP contribution in [0.2, 0.25) is 5.02 Å². The summed E-state index contributed by atoms with van der Waals surface area (Å²) in [6.45, 7) is 2.86. The second-order valence-electron chi connectivity index (χ2n) is 4.00. The Kier molecular flexibility index (Phi) is 3.86. The summed E-state index contributed by atoms with van der Waals surface area (Å²) in [5.74, 6) is 0.471. The summed E-state index contributed by atoms with van der Waals surface area (Å²) in [5.41, 5.74) is 5.64. The maximum absolute atomic E-state index is 11.8. The standard InChI is InChI=1S/C11H15ClN4O2/c1-2-18-11(17)7-4-3-5-16(7)10-8(12)9(13)14-6-15-10/h6-7H,2-5H2,1H3,(H2,13,14,15). The summed E-state index contributed by atoms with van der Waals surface area (Å²) < 4.78 is 5.05. The van der Waals surface area contributed by atoms with Gasteiger partial charge in [0.25, 0.3) is 0 Å². The topological polar surface area (TPSA) is 81.3 Å². The fourth-order valence-corrected chi connectivity index (χ4v) is 2.28. The van der Waals surface area contributed by atoms with E-state index < -0.39 is 0 Å². The number of halogens is 1. The molecule has 6 nitrogen and oxygen atoms in total. The van der Waals surface area contributed by atoms with Crippen molar-refractivity contribution in [3.05, 3.63) is 11.3 Å². The van der Waals surface area contributed by atoms with E-state index in [1.807, 2.05) is 4.90 Å². The van der Waals surface area contributed by atoms with E-state index in [0.29, 0.717) is 19.0 Å². The van der Waals surface area contributed by atoms with Crippen molar-refractivity contribution < 1.29 is 9.53 Å². The van der Waals surface area contributed by atoms with Crippen molar-refractivity contribution >= 4 is 29.2 Å². The highest BCUT2D eigenvalue weighted by molar-refractivity contribution is 6.35. The summed E-state index contributed by atoms with van der Waals surface area (Å²) in [5, 5.41) is 0.286. The third kappa shape index (κ3) is 2.33. The van der Waals surface area contributed by atoms with E-state index in [1.165, 1.54) is 6.33 Å². The number of anilines is 2. The summed E-state index contributed by atoms with van der Waals surface area (Å²) in [6, 6.07) is -0.336. The van der Waals surface area contributed by atoms with Gasteiger partial charge < -0.3 is 15.4 Å². The molecule has 0 amide bonds.